The Balaban J connectivity index is 2.54. The second kappa shape index (κ2) is 7.41. The zero-order valence-corrected chi connectivity index (χ0v) is 12.6. The van der Waals surface area contributed by atoms with E-state index >= 15 is 0 Å². The van der Waals surface area contributed by atoms with Crippen molar-refractivity contribution in [3.05, 3.63) is 28.2 Å². The molecular formula is C14H21BrN2O. The van der Waals surface area contributed by atoms with Gasteiger partial charge in [-0.2, -0.15) is 0 Å². The maximum absolute atomic E-state index is 12.0. The topological polar surface area (TPSA) is 55.1 Å². The summed E-state index contributed by atoms with van der Waals surface area (Å²) in [7, 11) is 0. The summed E-state index contributed by atoms with van der Waals surface area (Å²) >= 11 is 3.33. The summed E-state index contributed by atoms with van der Waals surface area (Å²) < 4.78 is 0.882. The molecule has 0 saturated carbocycles. The van der Waals surface area contributed by atoms with Crippen LogP contribution in [0.5, 0.6) is 0 Å². The van der Waals surface area contributed by atoms with Crippen LogP contribution in [0.4, 0.5) is 5.69 Å². The molecule has 0 aliphatic heterocycles. The largest absolute Gasteiger partial charge is 0.398 e. The highest BCUT2D eigenvalue weighted by molar-refractivity contribution is 9.10. The normalized spacial score (nSPS) is 12.2. The van der Waals surface area contributed by atoms with Gasteiger partial charge >= 0.3 is 0 Å². The Morgan fingerprint density at radius 2 is 2.17 bits per heavy atom. The number of benzene rings is 1. The molecule has 0 aliphatic rings. The number of nitrogens with two attached hydrogens (primary N) is 1. The lowest BCUT2D eigenvalue weighted by Crippen LogP contribution is -2.32. The fraction of sp³-hybridized carbons (Fsp3) is 0.500. The SMILES string of the molecule is CCCCCC(C)NC(=O)c1ccc(Br)cc1N. The molecule has 0 spiro atoms. The van der Waals surface area contributed by atoms with Crippen LogP contribution in [0.1, 0.15) is 49.9 Å². The van der Waals surface area contributed by atoms with Gasteiger partial charge < -0.3 is 11.1 Å². The summed E-state index contributed by atoms with van der Waals surface area (Å²) in [5.41, 5.74) is 6.87. The Kier molecular flexibility index (Phi) is 6.19. The number of nitrogen functional groups attached to an aromatic ring is 1. The minimum Gasteiger partial charge on any atom is -0.398 e. The summed E-state index contributed by atoms with van der Waals surface area (Å²) in [6, 6.07) is 5.50. The van der Waals surface area contributed by atoms with Crippen molar-refractivity contribution < 1.29 is 4.79 Å². The van der Waals surface area contributed by atoms with E-state index in [1.165, 1.54) is 12.8 Å². The molecule has 0 bridgehead atoms. The highest BCUT2D eigenvalue weighted by Crippen LogP contribution is 2.18. The molecule has 1 aromatic carbocycles. The Bertz CT molecular complexity index is 407. The summed E-state index contributed by atoms with van der Waals surface area (Å²) in [6.07, 6.45) is 4.56. The predicted octanol–water partition coefficient (Wildman–Crippen LogP) is 3.73. The van der Waals surface area contributed by atoms with Crippen LogP contribution in [0.15, 0.2) is 22.7 Å². The minimum absolute atomic E-state index is 0.0935. The van der Waals surface area contributed by atoms with Crippen molar-refractivity contribution >= 4 is 27.5 Å². The van der Waals surface area contributed by atoms with Crippen molar-refractivity contribution in [3.8, 4) is 0 Å². The Morgan fingerprint density at radius 1 is 1.44 bits per heavy atom. The van der Waals surface area contributed by atoms with Gasteiger partial charge in [0.2, 0.25) is 0 Å². The number of anilines is 1. The molecule has 100 valence electrons. The van der Waals surface area contributed by atoms with Crippen molar-refractivity contribution in [1.29, 1.82) is 0 Å². The number of hydrogen-bond donors (Lipinski definition) is 2. The standard InChI is InChI=1S/C14H21BrN2O/c1-3-4-5-6-10(2)17-14(18)12-8-7-11(15)9-13(12)16/h7-10H,3-6,16H2,1-2H3,(H,17,18). The van der Waals surface area contributed by atoms with Gasteiger partial charge in [-0.25, -0.2) is 0 Å². The molecule has 0 saturated heterocycles. The summed E-state index contributed by atoms with van der Waals surface area (Å²) in [5.74, 6) is -0.0935. The Hall–Kier alpha value is -1.03. The van der Waals surface area contributed by atoms with E-state index in [2.05, 4.69) is 28.2 Å². The smallest absolute Gasteiger partial charge is 0.253 e. The van der Waals surface area contributed by atoms with Gasteiger partial charge in [0.25, 0.3) is 5.91 Å². The molecule has 0 heterocycles. The van der Waals surface area contributed by atoms with Crippen LogP contribution in [-0.2, 0) is 0 Å². The maximum atomic E-state index is 12.0. The second-order valence-corrected chi connectivity index (χ2v) is 5.52. The molecule has 3 nitrogen and oxygen atoms in total. The lowest BCUT2D eigenvalue weighted by atomic mass is 10.1. The average Bonchev–Trinajstić information content (AvgIpc) is 2.28. The third kappa shape index (κ3) is 4.69. The van der Waals surface area contributed by atoms with E-state index in [9.17, 15) is 4.79 Å². The van der Waals surface area contributed by atoms with Gasteiger partial charge in [0, 0.05) is 16.2 Å². The van der Waals surface area contributed by atoms with E-state index in [4.69, 9.17) is 5.73 Å². The zero-order valence-electron chi connectivity index (χ0n) is 11.0. The van der Waals surface area contributed by atoms with Crippen LogP contribution in [0, 0.1) is 0 Å². The van der Waals surface area contributed by atoms with Crippen molar-refractivity contribution in [2.75, 3.05) is 5.73 Å². The monoisotopic (exact) mass is 312 g/mol. The second-order valence-electron chi connectivity index (χ2n) is 4.60. The van der Waals surface area contributed by atoms with Crippen molar-refractivity contribution in [2.45, 2.75) is 45.6 Å². The van der Waals surface area contributed by atoms with Crippen LogP contribution in [0.25, 0.3) is 0 Å². The highest BCUT2D eigenvalue weighted by Gasteiger charge is 2.12. The Morgan fingerprint density at radius 3 is 2.78 bits per heavy atom. The first-order valence-electron chi connectivity index (χ1n) is 6.40. The van der Waals surface area contributed by atoms with Crippen LogP contribution < -0.4 is 11.1 Å². The van der Waals surface area contributed by atoms with E-state index in [0.717, 1.165) is 17.3 Å². The molecule has 0 aliphatic carbocycles. The molecule has 0 fully saturated rings. The summed E-state index contributed by atoms with van der Waals surface area (Å²) in [6.45, 7) is 4.20. The molecule has 0 aromatic heterocycles. The number of hydrogen-bond acceptors (Lipinski definition) is 2. The van der Waals surface area contributed by atoms with E-state index in [1.54, 1.807) is 12.1 Å². The number of carbonyl (C=O) groups is 1. The predicted molar refractivity (Wildman–Crippen MR) is 79.6 cm³/mol. The quantitative estimate of drug-likeness (QED) is 0.621. The van der Waals surface area contributed by atoms with Gasteiger partial charge in [-0.15, -0.1) is 0 Å². The minimum atomic E-state index is -0.0935. The number of halogens is 1. The fourth-order valence-electron chi connectivity index (χ4n) is 1.81. The van der Waals surface area contributed by atoms with Gasteiger partial charge in [-0.05, 0) is 31.5 Å². The highest BCUT2D eigenvalue weighted by atomic mass is 79.9. The molecule has 3 N–H and O–H groups in total. The van der Waals surface area contributed by atoms with Crippen LogP contribution in [-0.4, -0.2) is 11.9 Å². The van der Waals surface area contributed by atoms with Crippen molar-refractivity contribution in [2.24, 2.45) is 0 Å². The molecular weight excluding hydrogens is 292 g/mol. The lowest BCUT2D eigenvalue weighted by molar-refractivity contribution is 0.0939. The maximum Gasteiger partial charge on any atom is 0.253 e. The number of nitrogens with one attached hydrogen (secondary N) is 1. The van der Waals surface area contributed by atoms with Crippen LogP contribution >= 0.6 is 15.9 Å². The Labute approximate surface area is 117 Å². The number of unbranched alkanes of at least 4 members (excludes halogenated alkanes) is 2. The van der Waals surface area contributed by atoms with Gasteiger partial charge in [-0.1, -0.05) is 42.1 Å². The lowest BCUT2D eigenvalue weighted by Gasteiger charge is -2.14. The van der Waals surface area contributed by atoms with E-state index in [-0.39, 0.29) is 11.9 Å². The summed E-state index contributed by atoms with van der Waals surface area (Å²) in [4.78, 5) is 12.0. The van der Waals surface area contributed by atoms with Crippen LogP contribution in [0.2, 0.25) is 0 Å². The first-order valence-corrected chi connectivity index (χ1v) is 7.19. The van der Waals surface area contributed by atoms with Crippen molar-refractivity contribution in [1.82, 2.24) is 5.32 Å². The van der Waals surface area contributed by atoms with E-state index < -0.39 is 0 Å². The molecule has 18 heavy (non-hydrogen) atoms. The average molecular weight is 313 g/mol. The molecule has 1 atom stereocenters. The van der Waals surface area contributed by atoms with Gasteiger partial charge in [0.05, 0.1) is 5.56 Å². The first kappa shape index (κ1) is 15.0. The number of rotatable bonds is 6. The zero-order chi connectivity index (χ0) is 13.5. The molecule has 4 heteroatoms. The van der Waals surface area contributed by atoms with Crippen LogP contribution in [0.3, 0.4) is 0 Å². The molecule has 0 radical (unpaired) electrons. The number of carbonyl (C=O) groups excluding carboxylic acids is 1. The number of amides is 1. The third-order valence-electron chi connectivity index (χ3n) is 2.88. The summed E-state index contributed by atoms with van der Waals surface area (Å²) in [5, 5.41) is 2.98. The first-order chi connectivity index (χ1) is 8.54. The molecule has 1 rings (SSSR count). The molecule has 1 amide bonds. The van der Waals surface area contributed by atoms with E-state index in [1.807, 2.05) is 13.0 Å². The third-order valence-corrected chi connectivity index (χ3v) is 3.37. The van der Waals surface area contributed by atoms with Gasteiger partial charge in [-0.3, -0.25) is 4.79 Å². The fourth-order valence-corrected chi connectivity index (χ4v) is 2.19. The van der Waals surface area contributed by atoms with Gasteiger partial charge in [0.1, 0.15) is 0 Å². The van der Waals surface area contributed by atoms with E-state index in [0.29, 0.717) is 11.3 Å². The van der Waals surface area contributed by atoms with Crippen molar-refractivity contribution in [3.63, 3.8) is 0 Å². The molecule has 1 unspecified atom stereocenters. The molecule has 1 aromatic rings. The van der Waals surface area contributed by atoms with Gasteiger partial charge in [0.15, 0.2) is 0 Å².